The number of hydrogen-bond acceptors (Lipinski definition) is 7. The Bertz CT molecular complexity index is 786. The highest BCUT2D eigenvalue weighted by molar-refractivity contribution is 6.32. The molecule has 0 bridgehead atoms. The maximum atomic E-state index is 12.2. The third kappa shape index (κ3) is 4.96. The summed E-state index contributed by atoms with van der Waals surface area (Å²) in [6.07, 6.45) is 0. The second-order valence-electron chi connectivity index (χ2n) is 5.25. The van der Waals surface area contributed by atoms with E-state index in [1.807, 2.05) is 0 Å². The van der Waals surface area contributed by atoms with Crippen molar-refractivity contribution in [3.8, 4) is 11.5 Å². The van der Waals surface area contributed by atoms with Crippen molar-refractivity contribution in [3.05, 3.63) is 34.7 Å². The lowest BCUT2D eigenvalue weighted by atomic mass is 10.2. The molecule has 26 heavy (non-hydrogen) atoms. The second-order valence-corrected chi connectivity index (χ2v) is 5.65. The van der Waals surface area contributed by atoms with Crippen LogP contribution in [0.5, 0.6) is 11.5 Å². The van der Waals surface area contributed by atoms with Crippen LogP contribution in [0, 0.1) is 6.92 Å². The van der Waals surface area contributed by atoms with Gasteiger partial charge in [0.05, 0.1) is 31.5 Å². The number of halogens is 1. The van der Waals surface area contributed by atoms with Crippen molar-refractivity contribution < 1.29 is 19.0 Å². The molecule has 0 aliphatic carbocycles. The fraction of sp³-hybridized carbons (Fsp3) is 0.353. The normalized spacial score (nSPS) is 10.3. The maximum Gasteiger partial charge on any atom is 0.270 e. The first-order chi connectivity index (χ1) is 12.5. The minimum Gasteiger partial charge on any atom is -0.495 e. The van der Waals surface area contributed by atoms with E-state index >= 15 is 0 Å². The molecule has 2 N–H and O–H groups in total. The predicted octanol–water partition coefficient (Wildman–Crippen LogP) is 2.58. The average Bonchev–Trinajstić information content (AvgIpc) is 2.62. The van der Waals surface area contributed by atoms with Gasteiger partial charge in [-0.1, -0.05) is 11.6 Å². The highest BCUT2D eigenvalue weighted by Gasteiger charge is 2.14. The Labute approximate surface area is 156 Å². The van der Waals surface area contributed by atoms with Crippen molar-refractivity contribution in [2.24, 2.45) is 0 Å². The number of methoxy groups -OCH3 is 3. The van der Waals surface area contributed by atoms with Gasteiger partial charge in [0.15, 0.2) is 0 Å². The van der Waals surface area contributed by atoms with Crippen molar-refractivity contribution >= 4 is 29.0 Å². The van der Waals surface area contributed by atoms with Crippen LogP contribution in [0.4, 0.5) is 11.5 Å². The molecule has 0 aliphatic rings. The van der Waals surface area contributed by atoms with Crippen molar-refractivity contribution in [2.75, 3.05) is 39.8 Å². The molecule has 140 valence electrons. The molecule has 0 unspecified atom stereocenters. The zero-order chi connectivity index (χ0) is 19.1. The van der Waals surface area contributed by atoms with E-state index in [-0.39, 0.29) is 11.6 Å². The van der Waals surface area contributed by atoms with Crippen LogP contribution in [0.2, 0.25) is 5.02 Å². The maximum absolute atomic E-state index is 12.2. The molecule has 0 spiro atoms. The highest BCUT2D eigenvalue weighted by Crippen LogP contribution is 2.37. The first kappa shape index (κ1) is 19.7. The summed E-state index contributed by atoms with van der Waals surface area (Å²) in [5.74, 6) is 1.58. The lowest BCUT2D eigenvalue weighted by Gasteiger charge is -2.14. The van der Waals surface area contributed by atoms with Gasteiger partial charge in [0.1, 0.15) is 28.8 Å². The lowest BCUT2D eigenvalue weighted by Crippen LogP contribution is -2.28. The van der Waals surface area contributed by atoms with Gasteiger partial charge in [-0.3, -0.25) is 4.79 Å². The van der Waals surface area contributed by atoms with Crippen LogP contribution in [-0.4, -0.2) is 50.4 Å². The summed E-state index contributed by atoms with van der Waals surface area (Å²) in [5, 5.41) is 6.25. The second kappa shape index (κ2) is 9.21. The van der Waals surface area contributed by atoms with Crippen LogP contribution in [0.25, 0.3) is 0 Å². The number of hydrogen-bond donors (Lipinski definition) is 2. The number of aryl methyl sites for hydroxylation is 1. The smallest absolute Gasteiger partial charge is 0.270 e. The van der Waals surface area contributed by atoms with Crippen molar-refractivity contribution in [1.29, 1.82) is 0 Å². The molecule has 0 fully saturated rings. The Morgan fingerprint density at radius 1 is 1.12 bits per heavy atom. The Balaban J connectivity index is 2.28. The van der Waals surface area contributed by atoms with Gasteiger partial charge in [0, 0.05) is 31.9 Å². The molecule has 2 rings (SSSR count). The first-order valence-corrected chi connectivity index (χ1v) is 8.17. The molecule has 0 saturated heterocycles. The molecule has 9 heteroatoms. The van der Waals surface area contributed by atoms with Gasteiger partial charge in [-0.15, -0.1) is 0 Å². The average molecular weight is 381 g/mol. The summed E-state index contributed by atoms with van der Waals surface area (Å²) in [5.41, 5.74) is 0.841. The molecule has 0 atom stereocenters. The number of anilines is 2. The topological polar surface area (TPSA) is 94.6 Å². The Morgan fingerprint density at radius 3 is 2.50 bits per heavy atom. The summed E-state index contributed by atoms with van der Waals surface area (Å²) in [6, 6.07) is 4.88. The van der Waals surface area contributed by atoms with Gasteiger partial charge in [-0.05, 0) is 6.92 Å². The summed E-state index contributed by atoms with van der Waals surface area (Å²) < 4.78 is 15.5. The predicted molar refractivity (Wildman–Crippen MR) is 98.8 cm³/mol. The van der Waals surface area contributed by atoms with E-state index in [1.54, 1.807) is 32.2 Å². The Hall–Kier alpha value is -2.58. The fourth-order valence-electron chi connectivity index (χ4n) is 2.20. The van der Waals surface area contributed by atoms with Gasteiger partial charge in [0.2, 0.25) is 0 Å². The Morgan fingerprint density at radius 2 is 1.85 bits per heavy atom. The summed E-state index contributed by atoms with van der Waals surface area (Å²) in [4.78, 5) is 20.7. The van der Waals surface area contributed by atoms with Gasteiger partial charge < -0.3 is 24.8 Å². The summed E-state index contributed by atoms with van der Waals surface area (Å²) >= 11 is 6.11. The zero-order valence-electron chi connectivity index (χ0n) is 15.1. The minimum atomic E-state index is -0.309. The van der Waals surface area contributed by atoms with Crippen LogP contribution in [0.3, 0.4) is 0 Å². The van der Waals surface area contributed by atoms with Gasteiger partial charge in [-0.2, -0.15) is 0 Å². The quantitative estimate of drug-likeness (QED) is 0.679. The number of ether oxygens (including phenoxy) is 3. The molecule has 2 aromatic rings. The van der Waals surface area contributed by atoms with Crippen LogP contribution in [0.15, 0.2) is 18.2 Å². The standard InChI is InChI=1S/C17H21ClN4O4/c1-10-20-13(17(23)19-5-6-24-2)9-16(21-10)22-12-8-14(25-3)11(18)7-15(12)26-4/h7-9H,5-6H2,1-4H3,(H,19,23)(H,20,21,22). The number of rotatable bonds is 8. The SMILES string of the molecule is COCCNC(=O)c1cc(Nc2cc(OC)c(Cl)cc2OC)nc(C)n1. The van der Waals surface area contributed by atoms with E-state index in [2.05, 4.69) is 20.6 Å². The van der Waals surface area contributed by atoms with Crippen LogP contribution in [0.1, 0.15) is 16.3 Å². The number of nitrogens with zero attached hydrogens (tertiary/aromatic N) is 2. The number of nitrogens with one attached hydrogen (secondary N) is 2. The summed E-state index contributed by atoms with van der Waals surface area (Å²) in [7, 11) is 4.62. The molecular weight excluding hydrogens is 360 g/mol. The van der Waals surface area contributed by atoms with Gasteiger partial charge in [0.25, 0.3) is 5.91 Å². The van der Waals surface area contributed by atoms with E-state index < -0.39 is 0 Å². The van der Waals surface area contributed by atoms with E-state index in [9.17, 15) is 4.79 Å². The highest BCUT2D eigenvalue weighted by atomic mass is 35.5. The summed E-state index contributed by atoms with van der Waals surface area (Å²) in [6.45, 7) is 2.52. The molecule has 0 saturated carbocycles. The molecule has 0 aliphatic heterocycles. The van der Waals surface area contributed by atoms with Crippen LogP contribution < -0.4 is 20.1 Å². The number of carbonyl (C=O) groups is 1. The zero-order valence-corrected chi connectivity index (χ0v) is 15.8. The lowest BCUT2D eigenvalue weighted by molar-refractivity contribution is 0.0931. The first-order valence-electron chi connectivity index (χ1n) is 7.79. The number of carbonyl (C=O) groups excluding carboxylic acids is 1. The van der Waals surface area contributed by atoms with Crippen LogP contribution in [-0.2, 0) is 4.74 Å². The molecule has 0 radical (unpaired) electrons. The number of aromatic nitrogens is 2. The molecule has 1 aromatic carbocycles. The van der Waals surface area contributed by atoms with E-state index in [4.69, 9.17) is 25.8 Å². The number of amides is 1. The fourth-order valence-corrected chi connectivity index (χ4v) is 2.43. The largest absolute Gasteiger partial charge is 0.495 e. The van der Waals surface area contributed by atoms with Crippen LogP contribution >= 0.6 is 11.6 Å². The third-order valence-corrected chi connectivity index (χ3v) is 3.69. The minimum absolute atomic E-state index is 0.246. The van der Waals surface area contributed by atoms with Crippen molar-refractivity contribution in [1.82, 2.24) is 15.3 Å². The Kier molecular flexibility index (Phi) is 6.99. The van der Waals surface area contributed by atoms with Gasteiger partial charge >= 0.3 is 0 Å². The van der Waals surface area contributed by atoms with Gasteiger partial charge in [-0.25, -0.2) is 9.97 Å². The van der Waals surface area contributed by atoms with Crippen molar-refractivity contribution in [3.63, 3.8) is 0 Å². The molecule has 1 aromatic heterocycles. The molecule has 1 heterocycles. The van der Waals surface area contributed by atoms with E-state index in [1.165, 1.54) is 14.2 Å². The monoisotopic (exact) mass is 380 g/mol. The van der Waals surface area contributed by atoms with Crippen molar-refractivity contribution in [2.45, 2.75) is 6.92 Å². The molecular formula is C17H21ClN4O4. The third-order valence-electron chi connectivity index (χ3n) is 3.40. The molecule has 1 amide bonds. The molecule has 8 nitrogen and oxygen atoms in total. The number of benzene rings is 1. The van der Waals surface area contributed by atoms with E-state index in [0.29, 0.717) is 47.0 Å². The van der Waals surface area contributed by atoms with E-state index in [0.717, 1.165) is 0 Å².